The summed E-state index contributed by atoms with van der Waals surface area (Å²) in [6.07, 6.45) is 21.4. The van der Waals surface area contributed by atoms with Gasteiger partial charge in [-0.3, -0.25) is 4.79 Å². The molecule has 28 heavy (non-hydrogen) atoms. The van der Waals surface area contributed by atoms with Gasteiger partial charge in [-0.2, -0.15) is 0 Å². The van der Waals surface area contributed by atoms with Crippen LogP contribution in [0.25, 0.3) is 0 Å². The second-order valence-corrected chi connectivity index (χ2v) is 8.26. The molecule has 0 aromatic heterocycles. The van der Waals surface area contributed by atoms with Crippen LogP contribution in [0.1, 0.15) is 122 Å². The summed E-state index contributed by atoms with van der Waals surface area (Å²) in [4.78, 5) is 24.7. The summed E-state index contributed by atoms with van der Waals surface area (Å²) in [6.45, 7) is 2.85. The molecule has 0 saturated carbocycles. The van der Waals surface area contributed by atoms with Gasteiger partial charge in [-0.15, -0.1) is 0 Å². The van der Waals surface area contributed by atoms with Crippen molar-refractivity contribution in [3.8, 4) is 0 Å². The van der Waals surface area contributed by atoms with Crippen LogP contribution in [-0.2, 0) is 9.59 Å². The molecular formula is C23H42KNO3. The third-order valence-corrected chi connectivity index (χ3v) is 5.84. The summed E-state index contributed by atoms with van der Waals surface area (Å²) in [5.41, 5.74) is 0. The van der Waals surface area contributed by atoms with E-state index in [9.17, 15) is 14.7 Å². The van der Waals surface area contributed by atoms with Gasteiger partial charge in [0.2, 0.25) is 5.91 Å². The Bertz CT molecular complexity index is 403. The molecule has 0 spiro atoms. The van der Waals surface area contributed by atoms with Gasteiger partial charge in [0, 0.05) is 13.0 Å². The summed E-state index contributed by atoms with van der Waals surface area (Å²) >= 11 is 0. The van der Waals surface area contributed by atoms with E-state index < -0.39 is 12.0 Å². The molecule has 1 amide bonds. The third kappa shape index (κ3) is 13.7. The molecule has 1 atom stereocenters. The van der Waals surface area contributed by atoms with Crippen LogP contribution >= 0.6 is 0 Å². The largest absolute Gasteiger partial charge is 1.00 e. The van der Waals surface area contributed by atoms with Crippen molar-refractivity contribution < 1.29 is 66.1 Å². The minimum absolute atomic E-state index is 0. The van der Waals surface area contributed by atoms with Crippen molar-refractivity contribution in [2.75, 3.05) is 6.54 Å². The van der Waals surface area contributed by atoms with Gasteiger partial charge in [-0.1, -0.05) is 96.8 Å². The Balaban J connectivity index is 0.00000729. The van der Waals surface area contributed by atoms with E-state index in [0.29, 0.717) is 19.4 Å². The quantitative estimate of drug-likeness (QED) is 0.268. The fraction of sp³-hybridized carbons (Fsp3) is 0.913. The van der Waals surface area contributed by atoms with Crippen LogP contribution < -0.4 is 56.5 Å². The molecule has 0 unspecified atom stereocenters. The second kappa shape index (κ2) is 19.5. The fourth-order valence-corrected chi connectivity index (χ4v) is 4.10. The number of amides is 1. The first kappa shape index (κ1) is 28.6. The number of likely N-dealkylation sites (tertiary alicyclic amines) is 1. The topological polar surface area (TPSA) is 60.4 Å². The number of carbonyl (C=O) groups is 2. The van der Waals surface area contributed by atoms with Gasteiger partial charge in [0.15, 0.2) is 0 Å². The molecule has 5 heteroatoms. The van der Waals surface area contributed by atoms with E-state index in [-0.39, 0.29) is 57.3 Å². The number of hydrogen-bond acceptors (Lipinski definition) is 3. The maximum Gasteiger partial charge on any atom is 1.00 e. The first-order valence-electron chi connectivity index (χ1n) is 11.7. The molecule has 4 nitrogen and oxygen atoms in total. The van der Waals surface area contributed by atoms with Crippen LogP contribution in [0.4, 0.5) is 0 Å². The number of nitrogens with zero attached hydrogens (tertiary/aromatic N) is 1. The molecule has 0 aliphatic carbocycles. The summed E-state index contributed by atoms with van der Waals surface area (Å²) in [7, 11) is 0. The van der Waals surface area contributed by atoms with E-state index in [1.165, 1.54) is 88.4 Å². The Morgan fingerprint density at radius 2 is 1.21 bits per heavy atom. The molecule has 0 radical (unpaired) electrons. The zero-order valence-corrected chi connectivity index (χ0v) is 21.8. The number of rotatable bonds is 17. The van der Waals surface area contributed by atoms with Crippen molar-refractivity contribution in [2.45, 2.75) is 129 Å². The molecule has 1 fully saturated rings. The monoisotopic (exact) mass is 419 g/mol. The third-order valence-electron chi connectivity index (χ3n) is 5.84. The number of hydrogen-bond donors (Lipinski definition) is 0. The number of aliphatic carboxylic acids is 1. The van der Waals surface area contributed by atoms with Gasteiger partial charge >= 0.3 is 51.4 Å². The van der Waals surface area contributed by atoms with Crippen LogP contribution in [0.3, 0.4) is 0 Å². The van der Waals surface area contributed by atoms with Gasteiger partial charge in [-0.05, 0) is 19.3 Å². The van der Waals surface area contributed by atoms with Gasteiger partial charge in [0.05, 0.1) is 12.0 Å². The van der Waals surface area contributed by atoms with Crippen molar-refractivity contribution in [3.63, 3.8) is 0 Å². The Morgan fingerprint density at radius 1 is 0.786 bits per heavy atom. The van der Waals surface area contributed by atoms with Crippen molar-refractivity contribution in [3.05, 3.63) is 0 Å². The average molecular weight is 420 g/mol. The predicted octanol–water partition coefficient (Wildman–Crippen LogP) is 1.99. The molecule has 0 N–H and O–H groups in total. The minimum atomic E-state index is -1.10. The Labute approximate surface area is 216 Å². The van der Waals surface area contributed by atoms with Gasteiger partial charge < -0.3 is 14.8 Å². The van der Waals surface area contributed by atoms with Crippen molar-refractivity contribution in [2.24, 2.45) is 0 Å². The molecule has 0 bridgehead atoms. The van der Waals surface area contributed by atoms with E-state index in [1.54, 1.807) is 0 Å². The number of carboxylic acid groups (broad SMARTS) is 1. The van der Waals surface area contributed by atoms with Crippen LogP contribution in [0, 0.1) is 0 Å². The molecular weight excluding hydrogens is 377 g/mol. The van der Waals surface area contributed by atoms with Crippen molar-refractivity contribution in [1.82, 2.24) is 4.90 Å². The Morgan fingerprint density at radius 3 is 1.64 bits per heavy atom. The molecule has 1 rings (SSSR count). The summed E-state index contributed by atoms with van der Waals surface area (Å²) in [5, 5.41) is 11.0. The first-order chi connectivity index (χ1) is 13.2. The second-order valence-electron chi connectivity index (χ2n) is 8.26. The predicted molar refractivity (Wildman–Crippen MR) is 109 cm³/mol. The van der Waals surface area contributed by atoms with Crippen LogP contribution in [-0.4, -0.2) is 29.4 Å². The molecule has 1 aliphatic heterocycles. The summed E-state index contributed by atoms with van der Waals surface area (Å²) in [6, 6.07) is -0.686. The van der Waals surface area contributed by atoms with E-state index in [2.05, 4.69) is 6.92 Å². The normalized spacial score (nSPS) is 16.2. The van der Waals surface area contributed by atoms with Gasteiger partial charge in [0.25, 0.3) is 0 Å². The van der Waals surface area contributed by atoms with Crippen LogP contribution in [0.15, 0.2) is 0 Å². The number of carboxylic acids is 1. The maximum atomic E-state index is 12.1. The van der Waals surface area contributed by atoms with Crippen LogP contribution in [0.2, 0.25) is 0 Å². The molecule has 1 aliphatic rings. The zero-order valence-electron chi connectivity index (χ0n) is 18.7. The average Bonchev–Trinajstić information content (AvgIpc) is 3.15. The zero-order chi connectivity index (χ0) is 19.7. The Hall–Kier alpha value is 0.576. The maximum absolute atomic E-state index is 12.1. The smallest absolute Gasteiger partial charge is 0.548 e. The van der Waals surface area contributed by atoms with E-state index in [4.69, 9.17) is 0 Å². The standard InChI is InChI=1S/C23H43NO3.K/c1-2-3-4-5-6-7-8-9-10-11-12-13-14-15-16-19-22(25)24-20-17-18-21(24)23(26)27;/h21H,2-20H2,1H3,(H,26,27);/q;+1/p-1/t21-;/m0./s1. The summed E-state index contributed by atoms with van der Waals surface area (Å²) < 4.78 is 0. The first-order valence-corrected chi connectivity index (χ1v) is 11.7. The van der Waals surface area contributed by atoms with Crippen molar-refractivity contribution >= 4 is 11.9 Å². The van der Waals surface area contributed by atoms with Crippen LogP contribution in [0.5, 0.6) is 0 Å². The van der Waals surface area contributed by atoms with Gasteiger partial charge in [-0.25, -0.2) is 0 Å². The molecule has 1 heterocycles. The fourth-order valence-electron chi connectivity index (χ4n) is 4.10. The molecule has 0 aromatic rings. The van der Waals surface area contributed by atoms with Crippen molar-refractivity contribution in [1.29, 1.82) is 0 Å². The Kier molecular flexibility index (Phi) is 19.9. The molecule has 0 aromatic carbocycles. The molecule has 1 saturated heterocycles. The number of carbonyl (C=O) groups excluding carboxylic acids is 2. The summed E-state index contributed by atoms with van der Waals surface area (Å²) in [5.74, 6) is -1.10. The van der Waals surface area contributed by atoms with E-state index in [1.807, 2.05) is 0 Å². The minimum Gasteiger partial charge on any atom is -0.548 e. The SMILES string of the molecule is CCCCCCCCCCCCCCCCCC(=O)N1CCC[C@H]1C(=O)[O-].[K+]. The van der Waals surface area contributed by atoms with Gasteiger partial charge in [0.1, 0.15) is 0 Å². The van der Waals surface area contributed by atoms with E-state index in [0.717, 1.165) is 19.3 Å². The number of unbranched alkanes of at least 4 members (excludes halogenated alkanes) is 14. The van der Waals surface area contributed by atoms with E-state index >= 15 is 0 Å². The molecule has 158 valence electrons.